The number of nitrogens with one attached hydrogen (secondary N) is 2. The largest absolute Gasteiger partial charge is 0.478 e. The maximum atomic E-state index is 12.2. The molecule has 142 valence electrons. The highest BCUT2D eigenvalue weighted by Crippen LogP contribution is 2.35. The van der Waals surface area contributed by atoms with Crippen molar-refractivity contribution in [3.05, 3.63) is 70.5 Å². The molecule has 0 saturated heterocycles. The molecule has 0 aromatic heterocycles. The lowest BCUT2D eigenvalue weighted by atomic mass is 9.96. The zero-order valence-electron chi connectivity index (χ0n) is 15.4. The van der Waals surface area contributed by atoms with Gasteiger partial charge in [-0.05, 0) is 54.1 Å². The normalized spacial score (nSPS) is 18.9. The first-order valence-corrected chi connectivity index (χ1v) is 9.78. The van der Waals surface area contributed by atoms with Crippen LogP contribution in [0.5, 0.6) is 5.75 Å². The number of rotatable bonds is 6. The monoisotopic (exact) mass is 430 g/mol. The first-order valence-electron chi connectivity index (χ1n) is 8.99. The molecule has 1 aliphatic rings. The van der Waals surface area contributed by atoms with E-state index < -0.39 is 6.10 Å². The topological polar surface area (TPSA) is 59.6 Å². The SMILES string of the molecule is C/C=C(\Nc1ccccc1Br)NC1CC(C(=O)OCC)Oc2ccccc21. The Morgan fingerprint density at radius 3 is 2.74 bits per heavy atom. The second-order valence-electron chi connectivity index (χ2n) is 6.14. The van der Waals surface area contributed by atoms with E-state index in [4.69, 9.17) is 9.47 Å². The van der Waals surface area contributed by atoms with Crippen LogP contribution in [0.15, 0.2) is 64.9 Å². The number of ether oxygens (including phenoxy) is 2. The molecule has 0 fully saturated rings. The van der Waals surface area contributed by atoms with Crippen LogP contribution in [0, 0.1) is 0 Å². The average molecular weight is 431 g/mol. The summed E-state index contributed by atoms with van der Waals surface area (Å²) in [6.45, 7) is 4.09. The number of allylic oxidation sites excluding steroid dienone is 1. The fourth-order valence-electron chi connectivity index (χ4n) is 3.02. The van der Waals surface area contributed by atoms with Gasteiger partial charge in [0.15, 0.2) is 6.10 Å². The maximum absolute atomic E-state index is 12.2. The van der Waals surface area contributed by atoms with Gasteiger partial charge >= 0.3 is 5.97 Å². The molecule has 2 unspecified atom stereocenters. The van der Waals surface area contributed by atoms with E-state index in [1.54, 1.807) is 6.92 Å². The Kier molecular flexibility index (Phi) is 6.40. The lowest BCUT2D eigenvalue weighted by molar-refractivity contribution is -0.152. The van der Waals surface area contributed by atoms with Crippen LogP contribution in [-0.2, 0) is 9.53 Å². The number of hydrogen-bond acceptors (Lipinski definition) is 5. The van der Waals surface area contributed by atoms with Crippen molar-refractivity contribution in [1.29, 1.82) is 0 Å². The second kappa shape index (κ2) is 8.95. The van der Waals surface area contributed by atoms with Gasteiger partial charge in [-0.15, -0.1) is 0 Å². The highest BCUT2D eigenvalue weighted by Gasteiger charge is 2.33. The third-order valence-corrected chi connectivity index (χ3v) is 5.02. The van der Waals surface area contributed by atoms with E-state index in [1.807, 2.05) is 61.5 Å². The Morgan fingerprint density at radius 1 is 1.26 bits per heavy atom. The lowest BCUT2D eigenvalue weighted by Gasteiger charge is -2.32. The van der Waals surface area contributed by atoms with E-state index in [0.29, 0.717) is 18.8 Å². The van der Waals surface area contributed by atoms with Crippen molar-refractivity contribution >= 4 is 27.6 Å². The van der Waals surface area contributed by atoms with E-state index in [-0.39, 0.29) is 12.0 Å². The summed E-state index contributed by atoms with van der Waals surface area (Å²) in [5.41, 5.74) is 1.98. The van der Waals surface area contributed by atoms with Crippen LogP contribution in [0.2, 0.25) is 0 Å². The van der Waals surface area contributed by atoms with Crippen molar-refractivity contribution in [2.24, 2.45) is 0 Å². The number of esters is 1. The molecule has 0 radical (unpaired) electrons. The van der Waals surface area contributed by atoms with Crippen LogP contribution >= 0.6 is 15.9 Å². The molecule has 2 aromatic carbocycles. The quantitative estimate of drug-likeness (QED) is 0.646. The van der Waals surface area contributed by atoms with Gasteiger partial charge in [0.25, 0.3) is 0 Å². The summed E-state index contributed by atoms with van der Waals surface area (Å²) in [4.78, 5) is 12.2. The van der Waals surface area contributed by atoms with Gasteiger partial charge in [0.05, 0.1) is 24.2 Å². The van der Waals surface area contributed by atoms with Gasteiger partial charge in [0.2, 0.25) is 0 Å². The van der Waals surface area contributed by atoms with E-state index in [0.717, 1.165) is 21.5 Å². The summed E-state index contributed by atoms with van der Waals surface area (Å²) < 4.78 is 12.0. The van der Waals surface area contributed by atoms with Crippen molar-refractivity contribution in [3.8, 4) is 5.75 Å². The summed E-state index contributed by atoms with van der Waals surface area (Å²) in [7, 11) is 0. The Hall–Kier alpha value is -2.47. The van der Waals surface area contributed by atoms with Crippen LogP contribution in [0.3, 0.4) is 0 Å². The summed E-state index contributed by atoms with van der Waals surface area (Å²) in [5.74, 6) is 1.22. The molecule has 2 atom stereocenters. The van der Waals surface area contributed by atoms with Crippen LogP contribution in [0.1, 0.15) is 31.9 Å². The van der Waals surface area contributed by atoms with E-state index >= 15 is 0 Å². The minimum Gasteiger partial charge on any atom is -0.478 e. The van der Waals surface area contributed by atoms with Crippen molar-refractivity contribution in [1.82, 2.24) is 5.32 Å². The van der Waals surface area contributed by atoms with Crippen LogP contribution in [0.25, 0.3) is 0 Å². The molecular formula is C21H23BrN2O3. The van der Waals surface area contributed by atoms with E-state index in [2.05, 4.69) is 26.6 Å². The van der Waals surface area contributed by atoms with Crippen LogP contribution in [-0.4, -0.2) is 18.7 Å². The second-order valence-corrected chi connectivity index (χ2v) is 6.99. The fourth-order valence-corrected chi connectivity index (χ4v) is 3.41. The number of halogens is 1. The van der Waals surface area contributed by atoms with Gasteiger partial charge in [0.1, 0.15) is 5.75 Å². The molecule has 0 amide bonds. The van der Waals surface area contributed by atoms with Gasteiger partial charge in [0, 0.05) is 16.5 Å². The van der Waals surface area contributed by atoms with Crippen molar-refractivity contribution in [3.63, 3.8) is 0 Å². The van der Waals surface area contributed by atoms with Gasteiger partial charge < -0.3 is 20.1 Å². The van der Waals surface area contributed by atoms with Gasteiger partial charge in [-0.2, -0.15) is 0 Å². The molecule has 2 aromatic rings. The maximum Gasteiger partial charge on any atom is 0.347 e. The van der Waals surface area contributed by atoms with Gasteiger partial charge in [-0.25, -0.2) is 4.79 Å². The van der Waals surface area contributed by atoms with Crippen molar-refractivity contribution < 1.29 is 14.3 Å². The molecule has 3 rings (SSSR count). The van der Waals surface area contributed by atoms with Gasteiger partial charge in [-0.3, -0.25) is 0 Å². The number of para-hydroxylation sites is 2. The third kappa shape index (κ3) is 4.63. The predicted molar refractivity (Wildman–Crippen MR) is 110 cm³/mol. The number of anilines is 1. The van der Waals surface area contributed by atoms with E-state index in [9.17, 15) is 4.79 Å². The summed E-state index contributed by atoms with van der Waals surface area (Å²) in [6, 6.07) is 15.6. The minimum absolute atomic E-state index is 0.0782. The molecule has 0 saturated carbocycles. The highest BCUT2D eigenvalue weighted by atomic mass is 79.9. The highest BCUT2D eigenvalue weighted by molar-refractivity contribution is 9.10. The molecule has 1 heterocycles. The van der Waals surface area contributed by atoms with Crippen LogP contribution < -0.4 is 15.4 Å². The first-order chi connectivity index (χ1) is 13.1. The number of benzene rings is 2. The summed E-state index contributed by atoms with van der Waals surface area (Å²) in [6.07, 6.45) is 1.83. The number of hydrogen-bond donors (Lipinski definition) is 2. The van der Waals surface area contributed by atoms with E-state index in [1.165, 1.54) is 0 Å². The zero-order valence-corrected chi connectivity index (χ0v) is 17.0. The smallest absolute Gasteiger partial charge is 0.347 e. The van der Waals surface area contributed by atoms with Crippen LogP contribution in [0.4, 0.5) is 5.69 Å². The molecule has 0 aliphatic carbocycles. The molecule has 0 spiro atoms. The number of carbonyl (C=O) groups is 1. The zero-order chi connectivity index (χ0) is 19.2. The minimum atomic E-state index is -0.626. The average Bonchev–Trinajstić information content (AvgIpc) is 2.69. The first kappa shape index (κ1) is 19.3. The molecule has 5 nitrogen and oxygen atoms in total. The molecular weight excluding hydrogens is 408 g/mol. The molecule has 6 heteroatoms. The Balaban J connectivity index is 1.81. The van der Waals surface area contributed by atoms with Gasteiger partial charge in [-0.1, -0.05) is 30.3 Å². The standard InChI is InChI=1S/C21H23BrN2O3/c1-3-20(23-16-11-7-6-10-15(16)22)24-17-13-19(21(25)26-4-2)27-18-12-8-5-9-14(17)18/h3,5-12,17,19,23-24H,4,13H2,1-2H3/b20-3+. The number of carbonyl (C=O) groups excluding carboxylic acids is 1. The molecule has 0 bridgehead atoms. The summed E-state index contributed by atoms with van der Waals surface area (Å²) in [5, 5.41) is 6.90. The predicted octanol–water partition coefficient (Wildman–Crippen LogP) is 4.77. The molecule has 27 heavy (non-hydrogen) atoms. The third-order valence-electron chi connectivity index (χ3n) is 4.32. The Morgan fingerprint density at radius 2 is 2.00 bits per heavy atom. The molecule has 1 aliphatic heterocycles. The van der Waals surface area contributed by atoms with Crippen molar-refractivity contribution in [2.75, 3.05) is 11.9 Å². The van der Waals surface area contributed by atoms with Crippen molar-refractivity contribution in [2.45, 2.75) is 32.4 Å². The Labute approximate surface area is 167 Å². The number of fused-ring (bicyclic) bond motifs is 1. The fraction of sp³-hybridized carbons (Fsp3) is 0.286. The Bertz CT molecular complexity index is 838. The lowest BCUT2D eigenvalue weighted by Crippen LogP contribution is -2.39. The summed E-state index contributed by atoms with van der Waals surface area (Å²) >= 11 is 3.55. The molecule has 2 N–H and O–H groups in total.